The van der Waals surface area contributed by atoms with Gasteiger partial charge in [0.15, 0.2) is 5.76 Å². The van der Waals surface area contributed by atoms with Gasteiger partial charge in [-0.25, -0.2) is 0 Å². The van der Waals surface area contributed by atoms with Gasteiger partial charge in [-0.3, -0.25) is 24.1 Å². The van der Waals surface area contributed by atoms with E-state index in [-0.39, 0.29) is 36.2 Å². The Bertz CT molecular complexity index is 1110. The summed E-state index contributed by atoms with van der Waals surface area (Å²) in [4.78, 5) is 56.2. The Morgan fingerprint density at radius 3 is 2.61 bits per heavy atom. The van der Waals surface area contributed by atoms with Gasteiger partial charge in [-0.2, -0.15) is 0 Å². The molecule has 0 spiro atoms. The van der Waals surface area contributed by atoms with Crippen molar-refractivity contribution in [3.63, 3.8) is 0 Å². The molecular weight excluding hydrogens is 424 g/mol. The molecule has 0 aliphatic carbocycles. The second kappa shape index (κ2) is 8.06. The van der Waals surface area contributed by atoms with Gasteiger partial charge in [0.2, 0.25) is 11.8 Å². The highest BCUT2D eigenvalue weighted by atomic mass is 16.3. The Kier molecular flexibility index (Phi) is 5.19. The minimum Gasteiger partial charge on any atom is -0.459 e. The van der Waals surface area contributed by atoms with Crippen LogP contribution in [0.15, 0.2) is 47.1 Å². The third-order valence-corrected chi connectivity index (χ3v) is 6.93. The van der Waals surface area contributed by atoms with Crippen molar-refractivity contribution in [2.75, 3.05) is 24.5 Å². The van der Waals surface area contributed by atoms with E-state index < -0.39 is 5.66 Å². The van der Waals surface area contributed by atoms with E-state index in [1.165, 1.54) is 11.2 Å². The van der Waals surface area contributed by atoms with Crippen LogP contribution in [0.25, 0.3) is 0 Å². The Morgan fingerprint density at radius 1 is 1.12 bits per heavy atom. The fourth-order valence-corrected chi connectivity index (χ4v) is 5.14. The number of nitrogens with one attached hydrogen (secondary N) is 1. The molecule has 1 aromatic heterocycles. The number of hydrogen-bond acceptors (Lipinski definition) is 5. The van der Waals surface area contributed by atoms with Gasteiger partial charge < -0.3 is 19.5 Å². The molecule has 4 amide bonds. The van der Waals surface area contributed by atoms with E-state index in [1.807, 2.05) is 13.0 Å². The topological polar surface area (TPSA) is 103 Å². The maximum absolute atomic E-state index is 13.3. The average molecular weight is 450 g/mol. The largest absolute Gasteiger partial charge is 0.459 e. The number of carbonyl (C=O) groups is 4. The maximum atomic E-state index is 13.3. The summed E-state index contributed by atoms with van der Waals surface area (Å²) in [5, 5.41) is 3.02. The van der Waals surface area contributed by atoms with Gasteiger partial charge >= 0.3 is 0 Å². The van der Waals surface area contributed by atoms with Crippen molar-refractivity contribution < 1.29 is 23.6 Å². The van der Waals surface area contributed by atoms with Crippen LogP contribution in [0.1, 0.15) is 53.5 Å². The predicted octanol–water partition coefficient (Wildman–Crippen LogP) is 2.00. The van der Waals surface area contributed by atoms with Crippen molar-refractivity contribution in [1.29, 1.82) is 0 Å². The molecule has 9 heteroatoms. The number of likely N-dealkylation sites (tertiary alicyclic amines) is 1. The smallest absolute Gasteiger partial charge is 0.289 e. The summed E-state index contributed by atoms with van der Waals surface area (Å²) >= 11 is 0. The van der Waals surface area contributed by atoms with E-state index in [0.29, 0.717) is 55.8 Å². The highest BCUT2D eigenvalue weighted by Gasteiger charge is 2.53. The third kappa shape index (κ3) is 3.57. The van der Waals surface area contributed by atoms with Crippen LogP contribution in [-0.2, 0) is 9.59 Å². The summed E-state index contributed by atoms with van der Waals surface area (Å²) in [6, 6.07) is 10.3. The molecule has 2 fully saturated rings. The lowest BCUT2D eigenvalue weighted by Gasteiger charge is -2.48. The first kappa shape index (κ1) is 21.2. The zero-order valence-electron chi connectivity index (χ0n) is 18.5. The van der Waals surface area contributed by atoms with Gasteiger partial charge in [-0.1, -0.05) is 12.1 Å². The second-order valence-corrected chi connectivity index (χ2v) is 8.97. The molecule has 1 atom stereocenters. The highest BCUT2D eigenvalue weighted by molar-refractivity contribution is 6.11. The molecule has 3 aliphatic heterocycles. The van der Waals surface area contributed by atoms with Crippen molar-refractivity contribution in [3.8, 4) is 0 Å². The number of benzene rings is 1. The number of carbonyl (C=O) groups excluding carboxylic acids is 4. The van der Waals surface area contributed by atoms with Gasteiger partial charge in [0.05, 0.1) is 17.5 Å². The van der Waals surface area contributed by atoms with Gasteiger partial charge in [0.25, 0.3) is 11.8 Å². The predicted molar refractivity (Wildman–Crippen MR) is 118 cm³/mol. The van der Waals surface area contributed by atoms with E-state index in [2.05, 4.69) is 5.32 Å². The van der Waals surface area contributed by atoms with E-state index >= 15 is 0 Å². The number of rotatable bonds is 4. The lowest BCUT2D eigenvalue weighted by Crippen LogP contribution is -2.64. The summed E-state index contributed by atoms with van der Waals surface area (Å²) in [5.41, 5.74) is 0.180. The molecule has 172 valence electrons. The minimum absolute atomic E-state index is 0.0449. The normalized spacial score (nSPS) is 22.9. The van der Waals surface area contributed by atoms with Gasteiger partial charge in [-0.15, -0.1) is 0 Å². The first-order valence-electron chi connectivity index (χ1n) is 11.2. The molecule has 3 aliphatic rings. The van der Waals surface area contributed by atoms with E-state index in [4.69, 9.17) is 4.42 Å². The number of fused-ring (bicyclic) bond motifs is 3. The quantitative estimate of drug-likeness (QED) is 0.768. The number of furan rings is 1. The Balaban J connectivity index is 1.24. The van der Waals surface area contributed by atoms with Crippen LogP contribution in [0, 0.1) is 0 Å². The molecule has 1 aromatic carbocycles. The van der Waals surface area contributed by atoms with Crippen LogP contribution in [-0.4, -0.2) is 64.8 Å². The zero-order chi connectivity index (χ0) is 23.2. The average Bonchev–Trinajstić information content (AvgIpc) is 3.46. The van der Waals surface area contributed by atoms with Crippen LogP contribution in [0.4, 0.5) is 5.69 Å². The lowest BCUT2D eigenvalue weighted by atomic mass is 9.98. The van der Waals surface area contributed by atoms with Gasteiger partial charge in [-0.05, 0) is 50.5 Å². The number of nitrogens with zero attached hydrogens (tertiary/aromatic N) is 3. The lowest BCUT2D eigenvalue weighted by molar-refractivity contribution is -0.124. The van der Waals surface area contributed by atoms with Crippen LogP contribution >= 0.6 is 0 Å². The molecule has 0 bridgehead atoms. The molecule has 1 N–H and O–H groups in total. The summed E-state index contributed by atoms with van der Waals surface area (Å²) < 4.78 is 5.18. The molecular formula is C24H26N4O5. The number of piperidine rings is 1. The molecule has 9 nitrogen and oxygen atoms in total. The molecule has 1 unspecified atom stereocenters. The van der Waals surface area contributed by atoms with E-state index in [9.17, 15) is 19.2 Å². The zero-order valence-corrected chi connectivity index (χ0v) is 18.5. The number of amides is 4. The molecule has 0 radical (unpaired) electrons. The summed E-state index contributed by atoms with van der Waals surface area (Å²) in [7, 11) is 0. The van der Waals surface area contributed by atoms with E-state index in [0.717, 1.165) is 0 Å². The number of para-hydroxylation sites is 1. The summed E-state index contributed by atoms with van der Waals surface area (Å²) in [5.74, 6) is -0.393. The Hall–Kier alpha value is -3.62. The molecule has 4 heterocycles. The minimum atomic E-state index is -0.862. The Morgan fingerprint density at radius 2 is 1.88 bits per heavy atom. The first-order chi connectivity index (χ1) is 15.9. The fraction of sp³-hybridized carbons (Fsp3) is 0.417. The second-order valence-electron chi connectivity index (χ2n) is 8.97. The van der Waals surface area contributed by atoms with Crippen LogP contribution in [0.2, 0.25) is 0 Å². The first-order valence-corrected chi connectivity index (χ1v) is 11.2. The molecule has 33 heavy (non-hydrogen) atoms. The van der Waals surface area contributed by atoms with Gasteiger partial charge in [0, 0.05) is 25.6 Å². The maximum Gasteiger partial charge on any atom is 0.289 e. The number of hydrogen-bond donors (Lipinski definition) is 1. The van der Waals surface area contributed by atoms with Crippen molar-refractivity contribution in [1.82, 2.24) is 15.1 Å². The number of anilines is 1. The summed E-state index contributed by atoms with van der Waals surface area (Å²) in [6.45, 7) is 2.75. The monoisotopic (exact) mass is 450 g/mol. The van der Waals surface area contributed by atoms with E-state index in [1.54, 1.807) is 40.1 Å². The summed E-state index contributed by atoms with van der Waals surface area (Å²) in [6.07, 6.45) is 3.53. The van der Waals surface area contributed by atoms with Gasteiger partial charge in [0.1, 0.15) is 12.2 Å². The molecule has 0 saturated carbocycles. The van der Waals surface area contributed by atoms with Crippen LogP contribution in [0.3, 0.4) is 0 Å². The van der Waals surface area contributed by atoms with Crippen molar-refractivity contribution in [2.24, 2.45) is 0 Å². The Labute approximate surface area is 191 Å². The van der Waals surface area contributed by atoms with Crippen molar-refractivity contribution >= 4 is 29.3 Å². The van der Waals surface area contributed by atoms with Crippen LogP contribution < -0.4 is 10.2 Å². The SMILES string of the molecule is CC12CCC(=O)N1c1ccccc1C(=O)N2CC(=O)NC1CCN(C(=O)c2ccco2)CC1. The standard InChI is InChI=1S/C24H26N4O5/c1-24-11-8-21(30)28(24)18-6-3-2-5-17(18)22(31)27(24)15-20(29)25-16-9-12-26(13-10-16)23(32)19-7-4-14-33-19/h2-7,14,16H,8-13,15H2,1H3,(H,25,29). The van der Waals surface area contributed by atoms with Crippen LogP contribution in [0.5, 0.6) is 0 Å². The highest BCUT2D eigenvalue weighted by Crippen LogP contribution is 2.43. The van der Waals surface area contributed by atoms with Crippen molar-refractivity contribution in [3.05, 3.63) is 54.0 Å². The molecule has 2 aromatic rings. The van der Waals surface area contributed by atoms with Crippen molar-refractivity contribution in [2.45, 2.75) is 44.3 Å². The molecule has 2 saturated heterocycles. The molecule has 5 rings (SSSR count). The third-order valence-electron chi connectivity index (χ3n) is 6.93. The fourth-order valence-electron chi connectivity index (χ4n) is 5.14.